The molecule has 0 saturated heterocycles. The first-order valence-electron chi connectivity index (χ1n) is 8.06. The van der Waals surface area contributed by atoms with E-state index in [1.807, 2.05) is 25.7 Å². The number of aliphatic carboxylic acids is 1. The molecule has 0 aliphatic carbocycles. The molecule has 5 nitrogen and oxygen atoms in total. The van der Waals surface area contributed by atoms with Gasteiger partial charge in [-0.1, -0.05) is 29.8 Å². The Morgan fingerprint density at radius 2 is 1.48 bits per heavy atom. The summed E-state index contributed by atoms with van der Waals surface area (Å²) in [4.78, 5) is 13.3. The van der Waals surface area contributed by atoms with Crippen LogP contribution in [0.2, 0.25) is 0 Å². The van der Waals surface area contributed by atoms with E-state index in [0.717, 1.165) is 11.1 Å². The number of rotatable bonds is 7. The van der Waals surface area contributed by atoms with E-state index >= 15 is 0 Å². The van der Waals surface area contributed by atoms with Gasteiger partial charge in [0, 0.05) is 12.6 Å². The summed E-state index contributed by atoms with van der Waals surface area (Å²) in [7, 11) is -3.54. The summed E-state index contributed by atoms with van der Waals surface area (Å²) in [5.41, 5.74) is 1.87. The van der Waals surface area contributed by atoms with Crippen molar-refractivity contribution in [3.63, 3.8) is 0 Å². The first-order valence-corrected chi connectivity index (χ1v) is 9.55. The lowest BCUT2D eigenvalue weighted by Crippen LogP contribution is -2.35. The van der Waals surface area contributed by atoms with Crippen molar-refractivity contribution in [2.24, 2.45) is 0 Å². The number of sulfone groups is 1. The van der Waals surface area contributed by atoms with Crippen molar-refractivity contribution in [2.75, 3.05) is 6.54 Å². The SMILES string of the molecule is Cc1ccc(S(=O)(=O)c2ccc(CN(CC(=O)O)C(C)C)cc2)cc1. The van der Waals surface area contributed by atoms with Crippen LogP contribution in [0.15, 0.2) is 58.3 Å². The molecule has 0 heterocycles. The molecule has 2 aromatic carbocycles. The molecule has 0 aromatic heterocycles. The Hall–Kier alpha value is -2.18. The number of carbonyl (C=O) groups is 1. The number of carboxylic acids is 1. The molecule has 1 N–H and O–H groups in total. The minimum absolute atomic E-state index is 0.0545. The second kappa shape index (κ2) is 7.80. The Morgan fingerprint density at radius 3 is 1.92 bits per heavy atom. The van der Waals surface area contributed by atoms with E-state index in [1.165, 1.54) is 0 Å². The number of nitrogens with zero attached hydrogens (tertiary/aromatic N) is 1. The van der Waals surface area contributed by atoms with E-state index in [9.17, 15) is 13.2 Å². The van der Waals surface area contributed by atoms with Crippen molar-refractivity contribution in [3.8, 4) is 0 Å². The zero-order chi connectivity index (χ0) is 18.6. The molecule has 0 saturated carbocycles. The summed E-state index contributed by atoms with van der Waals surface area (Å²) in [6, 6.07) is 13.4. The third kappa shape index (κ3) is 4.90. The van der Waals surface area contributed by atoms with Gasteiger partial charge in [-0.3, -0.25) is 9.69 Å². The van der Waals surface area contributed by atoms with Gasteiger partial charge in [-0.15, -0.1) is 0 Å². The largest absolute Gasteiger partial charge is 0.480 e. The van der Waals surface area contributed by atoms with Crippen LogP contribution in [0.3, 0.4) is 0 Å². The quantitative estimate of drug-likeness (QED) is 0.820. The zero-order valence-corrected chi connectivity index (χ0v) is 15.5. The summed E-state index contributed by atoms with van der Waals surface area (Å²) < 4.78 is 25.3. The van der Waals surface area contributed by atoms with Crippen molar-refractivity contribution in [2.45, 2.75) is 43.1 Å². The van der Waals surface area contributed by atoms with E-state index < -0.39 is 15.8 Å². The van der Waals surface area contributed by atoms with E-state index in [1.54, 1.807) is 48.5 Å². The predicted octanol–water partition coefficient (Wildman–Crippen LogP) is 3.12. The number of carboxylic acid groups (broad SMARTS) is 1. The molecular formula is C19H23NO4S. The minimum atomic E-state index is -3.54. The van der Waals surface area contributed by atoms with Gasteiger partial charge in [0.05, 0.1) is 16.3 Å². The van der Waals surface area contributed by atoms with Crippen LogP contribution in [0, 0.1) is 6.92 Å². The van der Waals surface area contributed by atoms with Crippen LogP contribution in [0.25, 0.3) is 0 Å². The van der Waals surface area contributed by atoms with Crippen molar-refractivity contribution >= 4 is 15.8 Å². The second-order valence-corrected chi connectivity index (χ2v) is 8.30. The van der Waals surface area contributed by atoms with Crippen molar-refractivity contribution in [1.29, 1.82) is 0 Å². The molecule has 0 atom stereocenters. The van der Waals surface area contributed by atoms with Gasteiger partial charge in [-0.25, -0.2) is 8.42 Å². The standard InChI is InChI=1S/C19H23NO4S/c1-14(2)20(13-19(21)22)12-16-6-10-18(11-7-16)25(23,24)17-8-4-15(3)5-9-17/h4-11,14H,12-13H2,1-3H3,(H,21,22). The Bertz CT molecular complexity index is 825. The van der Waals surface area contributed by atoms with E-state index in [2.05, 4.69) is 0 Å². The van der Waals surface area contributed by atoms with Crippen LogP contribution in [0.1, 0.15) is 25.0 Å². The minimum Gasteiger partial charge on any atom is -0.480 e. The lowest BCUT2D eigenvalue weighted by Gasteiger charge is -2.24. The summed E-state index contributed by atoms with van der Waals surface area (Å²) in [5, 5.41) is 8.99. The van der Waals surface area contributed by atoms with Crippen molar-refractivity contribution in [3.05, 3.63) is 59.7 Å². The fraction of sp³-hybridized carbons (Fsp3) is 0.316. The molecule has 0 amide bonds. The molecule has 6 heteroatoms. The summed E-state index contributed by atoms with van der Waals surface area (Å²) in [5.74, 6) is -0.882. The molecule has 0 fully saturated rings. The van der Waals surface area contributed by atoms with Gasteiger partial charge >= 0.3 is 5.97 Å². The molecule has 25 heavy (non-hydrogen) atoms. The van der Waals surface area contributed by atoms with Gasteiger partial charge in [0.15, 0.2) is 0 Å². The van der Waals surface area contributed by atoms with Crippen LogP contribution in [-0.4, -0.2) is 37.0 Å². The van der Waals surface area contributed by atoms with Gasteiger partial charge in [0.1, 0.15) is 0 Å². The second-order valence-electron chi connectivity index (χ2n) is 6.35. The highest BCUT2D eigenvalue weighted by molar-refractivity contribution is 7.91. The fourth-order valence-corrected chi connectivity index (χ4v) is 3.72. The van der Waals surface area contributed by atoms with Gasteiger partial charge in [-0.2, -0.15) is 0 Å². The Labute approximate surface area is 148 Å². The third-order valence-electron chi connectivity index (χ3n) is 4.02. The number of aryl methyl sites for hydroxylation is 1. The summed E-state index contributed by atoms with van der Waals surface area (Å²) in [6.45, 7) is 6.16. The van der Waals surface area contributed by atoms with Crippen molar-refractivity contribution in [1.82, 2.24) is 4.90 Å². The third-order valence-corrected chi connectivity index (χ3v) is 5.80. The topological polar surface area (TPSA) is 74.7 Å². The molecule has 0 unspecified atom stereocenters. The van der Waals surface area contributed by atoms with Crippen LogP contribution >= 0.6 is 0 Å². The van der Waals surface area contributed by atoms with Crippen LogP contribution in [0.5, 0.6) is 0 Å². The smallest absolute Gasteiger partial charge is 0.317 e. The van der Waals surface area contributed by atoms with Gasteiger partial charge in [0.2, 0.25) is 9.84 Å². The molecule has 0 aliphatic heterocycles. The summed E-state index contributed by atoms with van der Waals surface area (Å²) in [6.07, 6.45) is 0. The van der Waals surface area contributed by atoms with Gasteiger partial charge in [-0.05, 0) is 50.6 Å². The van der Waals surface area contributed by atoms with Gasteiger partial charge in [0.25, 0.3) is 0 Å². The van der Waals surface area contributed by atoms with E-state index in [0.29, 0.717) is 6.54 Å². The molecule has 0 radical (unpaired) electrons. The molecule has 2 aromatic rings. The predicted molar refractivity (Wildman–Crippen MR) is 96.3 cm³/mol. The molecule has 0 spiro atoms. The molecule has 0 aliphatic rings. The average Bonchev–Trinajstić information content (AvgIpc) is 2.54. The van der Waals surface area contributed by atoms with Crippen molar-refractivity contribution < 1.29 is 18.3 Å². The van der Waals surface area contributed by atoms with Crippen LogP contribution < -0.4 is 0 Å². The van der Waals surface area contributed by atoms with Crippen LogP contribution in [-0.2, 0) is 21.2 Å². The first kappa shape index (κ1) is 19.1. The lowest BCUT2D eigenvalue weighted by molar-refractivity contribution is -0.138. The highest BCUT2D eigenvalue weighted by Gasteiger charge is 2.18. The molecular weight excluding hydrogens is 338 g/mol. The zero-order valence-electron chi connectivity index (χ0n) is 14.6. The maximum atomic E-state index is 12.6. The normalized spacial score (nSPS) is 11.9. The number of hydrogen-bond donors (Lipinski definition) is 1. The summed E-state index contributed by atoms with van der Waals surface area (Å²) >= 11 is 0. The number of hydrogen-bond acceptors (Lipinski definition) is 4. The number of benzene rings is 2. The maximum Gasteiger partial charge on any atom is 0.317 e. The molecule has 134 valence electrons. The monoisotopic (exact) mass is 361 g/mol. The van der Waals surface area contributed by atoms with Gasteiger partial charge < -0.3 is 5.11 Å². The fourth-order valence-electron chi connectivity index (χ4n) is 2.46. The van der Waals surface area contributed by atoms with E-state index in [4.69, 9.17) is 5.11 Å². The first-order chi connectivity index (χ1) is 11.7. The molecule has 0 bridgehead atoms. The lowest BCUT2D eigenvalue weighted by atomic mass is 10.2. The van der Waals surface area contributed by atoms with E-state index in [-0.39, 0.29) is 22.4 Å². The highest BCUT2D eigenvalue weighted by atomic mass is 32.2. The Morgan fingerprint density at radius 1 is 1.00 bits per heavy atom. The Kier molecular flexibility index (Phi) is 5.98. The average molecular weight is 361 g/mol. The highest BCUT2D eigenvalue weighted by Crippen LogP contribution is 2.22. The molecule has 2 rings (SSSR count). The maximum absolute atomic E-state index is 12.6. The van der Waals surface area contributed by atoms with Crippen LogP contribution in [0.4, 0.5) is 0 Å². The Balaban J connectivity index is 2.21.